The van der Waals surface area contributed by atoms with Gasteiger partial charge in [0.15, 0.2) is 5.67 Å². The summed E-state index contributed by atoms with van der Waals surface area (Å²) in [6.45, 7) is 8.11. The van der Waals surface area contributed by atoms with E-state index in [1.165, 1.54) is 0 Å². The second kappa shape index (κ2) is 10.3. The van der Waals surface area contributed by atoms with Crippen LogP contribution in [0.15, 0.2) is 55.0 Å². The zero-order chi connectivity index (χ0) is 28.9. The fraction of sp³-hybridized carbons (Fsp3) is 0.375. The first-order valence-electron chi connectivity index (χ1n) is 14.2. The molecule has 1 fully saturated rings. The molecule has 2 atom stereocenters. The minimum absolute atomic E-state index is 0.186. The molecule has 41 heavy (non-hydrogen) atoms. The van der Waals surface area contributed by atoms with Crippen molar-refractivity contribution in [2.24, 2.45) is 0 Å². The number of aryl methyl sites for hydroxylation is 3. The summed E-state index contributed by atoms with van der Waals surface area (Å²) < 4.78 is 16.7. The third-order valence-corrected chi connectivity index (χ3v) is 8.38. The van der Waals surface area contributed by atoms with E-state index in [-0.39, 0.29) is 24.7 Å². The number of benzene rings is 2. The Morgan fingerprint density at radius 3 is 2.51 bits per heavy atom. The van der Waals surface area contributed by atoms with E-state index >= 15 is 0 Å². The molecule has 2 aromatic heterocycles. The smallest absolute Gasteiger partial charge is 0.258 e. The van der Waals surface area contributed by atoms with Crippen molar-refractivity contribution in [2.45, 2.75) is 76.9 Å². The van der Waals surface area contributed by atoms with E-state index in [9.17, 15) is 14.0 Å². The number of nitrogens with one attached hydrogen (secondary N) is 3. The number of aromatic amines is 1. The van der Waals surface area contributed by atoms with Crippen LogP contribution in [0.4, 0.5) is 10.1 Å². The molecule has 0 unspecified atom stereocenters. The van der Waals surface area contributed by atoms with Gasteiger partial charge in [-0.15, -0.1) is 0 Å². The minimum atomic E-state index is -1.88. The summed E-state index contributed by atoms with van der Waals surface area (Å²) in [6.07, 6.45) is 5.63. The Bertz CT molecular complexity index is 1600. The van der Waals surface area contributed by atoms with E-state index in [1.807, 2.05) is 54.9 Å². The Balaban J connectivity index is 1.27. The highest BCUT2D eigenvalue weighted by Gasteiger charge is 2.52. The van der Waals surface area contributed by atoms with E-state index in [0.29, 0.717) is 18.0 Å². The van der Waals surface area contributed by atoms with Gasteiger partial charge >= 0.3 is 0 Å². The highest BCUT2D eigenvalue weighted by Crippen LogP contribution is 2.42. The van der Waals surface area contributed by atoms with E-state index in [0.717, 1.165) is 51.4 Å². The summed E-state index contributed by atoms with van der Waals surface area (Å²) in [4.78, 5) is 31.2. The zero-order valence-electron chi connectivity index (χ0n) is 23.8. The molecule has 6 rings (SSSR count). The Labute approximate surface area is 238 Å². The van der Waals surface area contributed by atoms with Gasteiger partial charge in [-0.3, -0.25) is 14.7 Å². The number of fused-ring (bicyclic) bond motifs is 1. The van der Waals surface area contributed by atoms with Gasteiger partial charge in [-0.05, 0) is 86.4 Å². The van der Waals surface area contributed by atoms with Crippen molar-refractivity contribution in [3.8, 4) is 16.8 Å². The highest BCUT2D eigenvalue weighted by atomic mass is 19.1. The summed E-state index contributed by atoms with van der Waals surface area (Å²) >= 11 is 0. The van der Waals surface area contributed by atoms with Gasteiger partial charge in [-0.1, -0.05) is 32.0 Å². The Morgan fingerprint density at radius 1 is 1.12 bits per heavy atom. The number of imidazole rings is 1. The van der Waals surface area contributed by atoms with Crippen molar-refractivity contribution >= 4 is 17.5 Å². The first kappa shape index (κ1) is 26.9. The lowest BCUT2D eigenvalue weighted by Gasteiger charge is -2.26. The van der Waals surface area contributed by atoms with Crippen molar-refractivity contribution in [3.05, 3.63) is 83.2 Å². The van der Waals surface area contributed by atoms with Crippen LogP contribution in [-0.4, -0.2) is 43.3 Å². The van der Waals surface area contributed by atoms with Crippen LogP contribution in [0.3, 0.4) is 0 Å². The molecule has 3 N–H and O–H groups in total. The number of carbonyl (C=O) groups is 2. The largest absolute Gasteiger partial charge is 0.341 e. The second-order valence-corrected chi connectivity index (χ2v) is 11.7. The molecule has 2 amide bonds. The number of anilines is 1. The highest BCUT2D eigenvalue weighted by molar-refractivity contribution is 6.00. The first-order chi connectivity index (χ1) is 19.6. The van der Waals surface area contributed by atoms with Crippen molar-refractivity contribution in [1.82, 2.24) is 25.1 Å². The third kappa shape index (κ3) is 5.16. The van der Waals surface area contributed by atoms with Crippen molar-refractivity contribution < 1.29 is 14.0 Å². The molecule has 9 heteroatoms. The van der Waals surface area contributed by atoms with Crippen LogP contribution in [-0.2, 0) is 16.0 Å². The van der Waals surface area contributed by atoms with E-state index in [4.69, 9.17) is 0 Å². The fourth-order valence-corrected chi connectivity index (χ4v) is 5.78. The molecule has 2 aromatic carbocycles. The van der Waals surface area contributed by atoms with Crippen LogP contribution < -0.4 is 10.6 Å². The summed E-state index contributed by atoms with van der Waals surface area (Å²) in [6, 6.07) is 12.8. The molecule has 212 valence electrons. The maximum Gasteiger partial charge on any atom is 0.258 e. The van der Waals surface area contributed by atoms with Crippen molar-refractivity contribution in [1.29, 1.82) is 0 Å². The molecule has 1 saturated carbocycles. The molecule has 0 radical (unpaired) electrons. The minimum Gasteiger partial charge on any atom is -0.341 e. The lowest BCUT2D eigenvalue weighted by Crippen LogP contribution is -2.50. The monoisotopic (exact) mass is 554 g/mol. The standard InChI is InChI=1S/C32H35FN6O2/c1-18(2)27-16-39(17-34-27)24-11-7-21-8-12-25(26(21)15-24)29(36-31(41)32(33)13-14-32)30(40)35-23-9-5-22(6-10-23)28-19(3)37-38-20(28)4/h5-7,9-11,15-18,25,29H,8,12-14H2,1-4H3,(H,35,40)(H,36,41)(H,37,38)/t25-,29+/m1/s1. The van der Waals surface area contributed by atoms with Crippen LogP contribution in [0.1, 0.15) is 73.2 Å². The number of aromatic nitrogens is 4. The number of nitrogens with zero attached hydrogens (tertiary/aromatic N) is 3. The average Bonchev–Trinajstić information content (AvgIpc) is 3.28. The molecule has 2 heterocycles. The van der Waals surface area contributed by atoms with Crippen LogP contribution in [0.2, 0.25) is 0 Å². The Morgan fingerprint density at radius 2 is 1.88 bits per heavy atom. The number of halogens is 1. The molecule has 0 saturated heterocycles. The molecule has 2 aliphatic rings. The topological polar surface area (TPSA) is 105 Å². The molecular weight excluding hydrogens is 519 g/mol. The quantitative estimate of drug-likeness (QED) is 0.261. The number of hydrogen-bond donors (Lipinski definition) is 3. The molecule has 8 nitrogen and oxygen atoms in total. The number of carbonyl (C=O) groups excluding carboxylic acids is 2. The summed E-state index contributed by atoms with van der Waals surface area (Å²) in [5.41, 5.74) is 6.66. The number of H-pyrrole nitrogens is 1. The zero-order valence-corrected chi connectivity index (χ0v) is 23.8. The SMILES string of the molecule is Cc1n[nH]c(C)c1-c1ccc(NC(=O)[C@@H](NC(=O)C2(F)CC2)[C@@H]2CCc3ccc(-n4cnc(C(C)C)c4)cc32)cc1. The Hall–Kier alpha value is -4.27. The lowest BCUT2D eigenvalue weighted by atomic mass is 9.91. The number of alkyl halides is 1. The van der Waals surface area contributed by atoms with Crippen LogP contribution in [0.5, 0.6) is 0 Å². The molecule has 0 spiro atoms. The van der Waals surface area contributed by atoms with Crippen LogP contribution in [0, 0.1) is 13.8 Å². The van der Waals surface area contributed by atoms with Gasteiger partial charge in [0.25, 0.3) is 5.91 Å². The van der Waals surface area contributed by atoms with Gasteiger partial charge in [-0.25, -0.2) is 9.37 Å². The van der Waals surface area contributed by atoms with Crippen LogP contribution in [0.25, 0.3) is 16.8 Å². The van der Waals surface area contributed by atoms with Crippen molar-refractivity contribution in [2.75, 3.05) is 5.32 Å². The van der Waals surface area contributed by atoms with Crippen molar-refractivity contribution in [3.63, 3.8) is 0 Å². The predicted molar refractivity (Wildman–Crippen MR) is 156 cm³/mol. The molecule has 0 aliphatic heterocycles. The Kier molecular flexibility index (Phi) is 6.76. The first-order valence-corrected chi connectivity index (χ1v) is 14.2. The van der Waals surface area contributed by atoms with Gasteiger partial charge in [0.2, 0.25) is 5.91 Å². The summed E-state index contributed by atoms with van der Waals surface area (Å²) in [7, 11) is 0. The second-order valence-electron chi connectivity index (χ2n) is 11.7. The number of rotatable bonds is 8. The fourth-order valence-electron chi connectivity index (χ4n) is 5.78. The molecule has 2 aliphatic carbocycles. The summed E-state index contributed by atoms with van der Waals surface area (Å²) in [5.74, 6) is -1.06. The van der Waals surface area contributed by atoms with E-state index < -0.39 is 17.6 Å². The van der Waals surface area contributed by atoms with Gasteiger partial charge in [0.1, 0.15) is 6.04 Å². The van der Waals surface area contributed by atoms with Crippen LogP contribution >= 0.6 is 0 Å². The molecule has 0 bridgehead atoms. The normalized spacial score (nSPS) is 17.8. The predicted octanol–water partition coefficient (Wildman–Crippen LogP) is 5.66. The number of amides is 2. The maximum absolute atomic E-state index is 14.8. The van der Waals surface area contributed by atoms with Gasteiger partial charge in [0, 0.05) is 34.7 Å². The van der Waals surface area contributed by atoms with E-state index in [1.54, 1.807) is 6.33 Å². The van der Waals surface area contributed by atoms with Gasteiger partial charge in [0.05, 0.1) is 17.7 Å². The maximum atomic E-state index is 14.8. The molecular formula is C32H35FN6O2. The van der Waals surface area contributed by atoms with E-state index in [2.05, 4.69) is 51.8 Å². The lowest BCUT2D eigenvalue weighted by molar-refractivity contribution is -0.131. The molecule has 4 aromatic rings. The third-order valence-electron chi connectivity index (χ3n) is 8.38. The summed E-state index contributed by atoms with van der Waals surface area (Å²) in [5, 5.41) is 13.0. The average molecular weight is 555 g/mol. The van der Waals surface area contributed by atoms with Gasteiger partial charge in [-0.2, -0.15) is 5.10 Å². The van der Waals surface area contributed by atoms with Gasteiger partial charge < -0.3 is 15.2 Å². The number of hydrogen-bond acceptors (Lipinski definition) is 4.